The third kappa shape index (κ3) is 4.63. The second kappa shape index (κ2) is 9.86. The number of rotatable bonds is 5. The maximum absolute atomic E-state index is 14.9. The van der Waals surface area contributed by atoms with E-state index in [0.717, 1.165) is 56.9 Å². The van der Waals surface area contributed by atoms with Crippen LogP contribution in [0.4, 0.5) is 25.8 Å². The number of hydrogen-bond donors (Lipinski definition) is 2. The van der Waals surface area contributed by atoms with Crippen molar-refractivity contribution < 1.29 is 18.4 Å². The Morgan fingerprint density at radius 3 is 2.47 bits per heavy atom. The summed E-state index contributed by atoms with van der Waals surface area (Å²) in [5.41, 5.74) is 2.10. The quantitative estimate of drug-likeness (QED) is 0.516. The van der Waals surface area contributed by atoms with Crippen LogP contribution < -0.4 is 15.5 Å². The van der Waals surface area contributed by atoms with Gasteiger partial charge >= 0.3 is 0 Å². The third-order valence-electron chi connectivity index (χ3n) is 8.98. The van der Waals surface area contributed by atoms with Crippen molar-refractivity contribution in [3.8, 4) is 0 Å². The fraction of sp³-hybridized carbons (Fsp3) is 0.533. The van der Waals surface area contributed by atoms with E-state index in [-0.39, 0.29) is 36.5 Å². The van der Waals surface area contributed by atoms with Gasteiger partial charge in [0.05, 0.1) is 6.54 Å². The summed E-state index contributed by atoms with van der Waals surface area (Å²) in [6, 6.07) is 8.06. The minimum atomic E-state index is -1.00. The van der Waals surface area contributed by atoms with Gasteiger partial charge in [0.15, 0.2) is 0 Å². The van der Waals surface area contributed by atoms with E-state index in [4.69, 9.17) is 0 Å². The van der Waals surface area contributed by atoms with Crippen LogP contribution in [-0.4, -0.2) is 47.9 Å². The Bertz CT molecular complexity index is 1220. The summed E-state index contributed by atoms with van der Waals surface area (Å²) in [5, 5.41) is 6.49. The summed E-state index contributed by atoms with van der Waals surface area (Å²) in [4.78, 5) is 30.6. The molecule has 6 nitrogen and oxygen atoms in total. The second-order valence-corrected chi connectivity index (χ2v) is 11.6. The van der Waals surface area contributed by atoms with E-state index >= 15 is 0 Å². The van der Waals surface area contributed by atoms with Crippen molar-refractivity contribution in [2.24, 2.45) is 5.92 Å². The fourth-order valence-corrected chi connectivity index (χ4v) is 6.72. The van der Waals surface area contributed by atoms with E-state index in [9.17, 15) is 18.4 Å². The molecule has 2 aliphatic heterocycles. The molecular weight excluding hydrogens is 486 g/mol. The van der Waals surface area contributed by atoms with Gasteiger partial charge in [0.1, 0.15) is 17.2 Å². The molecule has 1 atom stereocenters. The molecule has 3 fully saturated rings. The number of carbonyl (C=O) groups excluding carboxylic acids is 2. The number of amides is 2. The molecular formula is C30H36F2N4O2. The van der Waals surface area contributed by atoms with Crippen LogP contribution in [0.3, 0.4) is 0 Å². The highest BCUT2D eigenvalue weighted by Crippen LogP contribution is 2.45. The van der Waals surface area contributed by atoms with Gasteiger partial charge in [-0.05, 0) is 68.4 Å². The number of nitrogens with zero attached hydrogens (tertiary/aromatic N) is 2. The van der Waals surface area contributed by atoms with Crippen LogP contribution in [0.1, 0.15) is 62.5 Å². The molecule has 2 aromatic rings. The molecule has 38 heavy (non-hydrogen) atoms. The first-order valence-electron chi connectivity index (χ1n) is 14.1. The van der Waals surface area contributed by atoms with Gasteiger partial charge in [0.2, 0.25) is 5.91 Å². The van der Waals surface area contributed by atoms with Crippen LogP contribution in [-0.2, 0) is 16.0 Å². The lowest BCUT2D eigenvalue weighted by Crippen LogP contribution is -2.54. The summed E-state index contributed by atoms with van der Waals surface area (Å²) in [7, 11) is 0. The molecule has 4 aliphatic rings. The first-order chi connectivity index (χ1) is 18.3. The Morgan fingerprint density at radius 1 is 1.03 bits per heavy atom. The Balaban J connectivity index is 1.27. The first kappa shape index (κ1) is 25.1. The van der Waals surface area contributed by atoms with Gasteiger partial charge in [0.25, 0.3) is 5.91 Å². The van der Waals surface area contributed by atoms with Gasteiger partial charge in [0, 0.05) is 48.2 Å². The van der Waals surface area contributed by atoms with Crippen LogP contribution in [0.2, 0.25) is 0 Å². The van der Waals surface area contributed by atoms with Gasteiger partial charge < -0.3 is 20.4 Å². The van der Waals surface area contributed by atoms with E-state index in [1.165, 1.54) is 18.2 Å². The summed E-state index contributed by atoms with van der Waals surface area (Å²) in [5.74, 6) is -0.929. The van der Waals surface area contributed by atoms with Gasteiger partial charge in [-0.2, -0.15) is 0 Å². The van der Waals surface area contributed by atoms with Crippen LogP contribution in [0, 0.1) is 24.5 Å². The zero-order chi connectivity index (χ0) is 26.4. The molecule has 8 heteroatoms. The third-order valence-corrected chi connectivity index (χ3v) is 8.98. The number of carbonyl (C=O) groups is 2. The molecule has 2 aliphatic carbocycles. The van der Waals surface area contributed by atoms with Crippen LogP contribution in [0.5, 0.6) is 0 Å². The Kier molecular flexibility index (Phi) is 6.52. The highest BCUT2D eigenvalue weighted by molar-refractivity contribution is 6.02. The van der Waals surface area contributed by atoms with Crippen molar-refractivity contribution in [1.82, 2.24) is 4.90 Å². The first-order valence-corrected chi connectivity index (χ1v) is 14.1. The minimum Gasteiger partial charge on any atom is -0.370 e. The average molecular weight is 523 g/mol. The van der Waals surface area contributed by atoms with Crippen LogP contribution >= 0.6 is 0 Å². The molecule has 202 valence electrons. The largest absolute Gasteiger partial charge is 0.370 e. The van der Waals surface area contributed by atoms with Crippen molar-refractivity contribution >= 4 is 28.9 Å². The molecule has 1 saturated heterocycles. The lowest BCUT2D eigenvalue weighted by molar-refractivity contribution is -0.131. The van der Waals surface area contributed by atoms with Crippen LogP contribution in [0.25, 0.3) is 0 Å². The molecule has 2 N–H and O–H groups in total. The van der Waals surface area contributed by atoms with Crippen molar-refractivity contribution in [2.75, 3.05) is 35.2 Å². The molecule has 0 aromatic heterocycles. The van der Waals surface area contributed by atoms with Crippen molar-refractivity contribution in [1.29, 1.82) is 0 Å². The molecule has 1 unspecified atom stereocenters. The molecule has 2 aromatic carbocycles. The van der Waals surface area contributed by atoms with E-state index < -0.39 is 11.4 Å². The SMILES string of the molecule is Cc1ccc(F)c2c1NC(C(=O)Nc1cc(F)cc(N3CCN(C4CC4)C(=O)C3)c1)(C1CCCCCC1)C2. The standard InChI is InChI=1S/C30H36F2N4O2/c1-19-8-11-26(32)25-17-30(34-28(19)25,20-6-4-2-3-5-7-20)29(38)33-22-14-21(31)15-24(16-22)35-12-13-36(23-9-10-23)27(37)18-35/h8,11,14-16,20,23,34H,2-7,9-10,12-13,17-18H2,1H3,(H,33,38). The summed E-state index contributed by atoms with van der Waals surface area (Å²) < 4.78 is 29.7. The van der Waals surface area contributed by atoms with Crippen molar-refractivity contribution in [2.45, 2.75) is 76.3 Å². The topological polar surface area (TPSA) is 64.7 Å². The molecule has 0 spiro atoms. The van der Waals surface area contributed by atoms with Gasteiger partial charge in [-0.3, -0.25) is 9.59 Å². The fourth-order valence-electron chi connectivity index (χ4n) is 6.72. The van der Waals surface area contributed by atoms with E-state index in [0.29, 0.717) is 41.8 Å². The number of aryl methyl sites for hydroxylation is 1. The molecule has 0 bridgehead atoms. The summed E-state index contributed by atoms with van der Waals surface area (Å²) in [6.45, 7) is 3.38. The molecule has 2 saturated carbocycles. The van der Waals surface area contributed by atoms with E-state index in [1.54, 1.807) is 12.1 Å². The second-order valence-electron chi connectivity index (χ2n) is 11.6. The maximum Gasteiger partial charge on any atom is 0.250 e. The number of anilines is 3. The predicted octanol–water partition coefficient (Wildman–Crippen LogP) is 5.40. The van der Waals surface area contributed by atoms with Crippen LogP contribution in [0.15, 0.2) is 30.3 Å². The Hall–Kier alpha value is -3.16. The molecule has 6 rings (SSSR count). The monoisotopic (exact) mass is 522 g/mol. The number of hydrogen-bond acceptors (Lipinski definition) is 4. The Morgan fingerprint density at radius 2 is 1.79 bits per heavy atom. The smallest absolute Gasteiger partial charge is 0.250 e. The van der Waals surface area contributed by atoms with Gasteiger partial charge in [-0.15, -0.1) is 0 Å². The van der Waals surface area contributed by atoms with Crippen molar-refractivity contribution in [3.05, 3.63) is 53.1 Å². The highest BCUT2D eigenvalue weighted by Gasteiger charge is 2.50. The zero-order valence-corrected chi connectivity index (χ0v) is 22.0. The minimum absolute atomic E-state index is 0.0392. The number of fused-ring (bicyclic) bond motifs is 1. The maximum atomic E-state index is 14.9. The average Bonchev–Trinajstić information content (AvgIpc) is 3.69. The molecule has 0 radical (unpaired) electrons. The van der Waals surface area contributed by atoms with Crippen molar-refractivity contribution in [3.63, 3.8) is 0 Å². The summed E-state index contributed by atoms with van der Waals surface area (Å²) in [6.07, 6.45) is 8.50. The number of piperazine rings is 1. The summed E-state index contributed by atoms with van der Waals surface area (Å²) >= 11 is 0. The van der Waals surface area contributed by atoms with Gasteiger partial charge in [-0.25, -0.2) is 8.78 Å². The lowest BCUT2D eigenvalue weighted by Gasteiger charge is -2.37. The van der Waals surface area contributed by atoms with Gasteiger partial charge in [-0.1, -0.05) is 31.7 Å². The highest BCUT2D eigenvalue weighted by atomic mass is 19.1. The predicted molar refractivity (Wildman–Crippen MR) is 144 cm³/mol. The normalized spacial score (nSPS) is 24.1. The zero-order valence-electron chi connectivity index (χ0n) is 22.0. The number of benzene rings is 2. The van der Waals surface area contributed by atoms with E-state index in [2.05, 4.69) is 10.6 Å². The lowest BCUT2D eigenvalue weighted by atomic mass is 9.76. The molecule has 2 heterocycles. The molecule has 2 amide bonds. The number of nitrogens with one attached hydrogen (secondary N) is 2. The Labute approximate surface area is 222 Å². The van der Waals surface area contributed by atoms with E-state index in [1.807, 2.05) is 16.7 Å². The number of halogens is 2.